The SMILES string of the molecule is CCCNCC1CCCC1c1cnc(C)n1C. The molecule has 1 aromatic rings. The molecule has 0 aliphatic heterocycles. The average Bonchev–Trinajstić information content (AvgIpc) is 2.89. The van der Waals surface area contributed by atoms with E-state index in [1.165, 1.54) is 37.9 Å². The van der Waals surface area contributed by atoms with Crippen molar-refractivity contribution < 1.29 is 0 Å². The molecule has 1 N–H and O–H groups in total. The van der Waals surface area contributed by atoms with Gasteiger partial charge in [0.05, 0.1) is 0 Å². The van der Waals surface area contributed by atoms with Crippen LogP contribution in [0.2, 0.25) is 0 Å². The number of hydrogen-bond donors (Lipinski definition) is 1. The van der Waals surface area contributed by atoms with Crippen LogP contribution in [0.4, 0.5) is 0 Å². The normalized spacial score (nSPS) is 24.4. The van der Waals surface area contributed by atoms with Gasteiger partial charge in [-0.1, -0.05) is 13.3 Å². The summed E-state index contributed by atoms with van der Waals surface area (Å²) in [6.07, 6.45) is 7.37. The first-order valence-electron chi connectivity index (χ1n) is 6.93. The highest BCUT2D eigenvalue weighted by Gasteiger charge is 2.30. The number of imidazole rings is 1. The summed E-state index contributed by atoms with van der Waals surface area (Å²) >= 11 is 0. The standard InChI is InChI=1S/C14H25N3/c1-4-8-15-9-12-6-5-7-13(12)14-10-16-11(2)17(14)3/h10,12-13,15H,4-9H2,1-3H3. The van der Waals surface area contributed by atoms with Gasteiger partial charge >= 0.3 is 0 Å². The molecule has 3 heteroatoms. The van der Waals surface area contributed by atoms with Crippen LogP contribution in [0.25, 0.3) is 0 Å². The lowest BCUT2D eigenvalue weighted by Gasteiger charge is -2.20. The molecular weight excluding hydrogens is 210 g/mol. The molecule has 0 bridgehead atoms. The van der Waals surface area contributed by atoms with Crippen molar-refractivity contribution in [1.82, 2.24) is 14.9 Å². The number of hydrogen-bond acceptors (Lipinski definition) is 2. The number of aryl methyl sites for hydroxylation is 1. The largest absolute Gasteiger partial charge is 0.335 e. The predicted molar refractivity (Wildman–Crippen MR) is 71.2 cm³/mol. The molecule has 2 atom stereocenters. The summed E-state index contributed by atoms with van der Waals surface area (Å²) in [5.41, 5.74) is 1.43. The zero-order valence-electron chi connectivity index (χ0n) is 11.4. The lowest BCUT2D eigenvalue weighted by Crippen LogP contribution is -2.25. The molecule has 1 aliphatic carbocycles. The van der Waals surface area contributed by atoms with Crippen molar-refractivity contribution in [1.29, 1.82) is 0 Å². The minimum Gasteiger partial charge on any atom is -0.335 e. The summed E-state index contributed by atoms with van der Waals surface area (Å²) in [5.74, 6) is 2.65. The quantitative estimate of drug-likeness (QED) is 0.795. The van der Waals surface area contributed by atoms with Gasteiger partial charge in [0.1, 0.15) is 5.82 Å². The van der Waals surface area contributed by atoms with Crippen LogP contribution < -0.4 is 5.32 Å². The molecule has 0 spiro atoms. The lowest BCUT2D eigenvalue weighted by atomic mass is 9.93. The van der Waals surface area contributed by atoms with Gasteiger partial charge in [0.25, 0.3) is 0 Å². The van der Waals surface area contributed by atoms with Crippen molar-refractivity contribution in [3.8, 4) is 0 Å². The van der Waals surface area contributed by atoms with E-state index < -0.39 is 0 Å². The van der Waals surface area contributed by atoms with Crippen molar-refractivity contribution in [2.24, 2.45) is 13.0 Å². The highest BCUT2D eigenvalue weighted by atomic mass is 15.1. The fourth-order valence-electron chi connectivity index (χ4n) is 3.00. The zero-order valence-corrected chi connectivity index (χ0v) is 11.4. The van der Waals surface area contributed by atoms with E-state index in [0.717, 1.165) is 18.3 Å². The molecule has 1 aromatic heterocycles. The van der Waals surface area contributed by atoms with Gasteiger partial charge in [-0.2, -0.15) is 0 Å². The van der Waals surface area contributed by atoms with Gasteiger partial charge in [-0.15, -0.1) is 0 Å². The Morgan fingerprint density at radius 1 is 1.47 bits per heavy atom. The molecule has 17 heavy (non-hydrogen) atoms. The van der Waals surface area contributed by atoms with E-state index in [4.69, 9.17) is 0 Å². The van der Waals surface area contributed by atoms with Gasteiger partial charge in [-0.05, 0) is 45.2 Å². The molecule has 1 aliphatic rings. The van der Waals surface area contributed by atoms with E-state index in [-0.39, 0.29) is 0 Å². The molecule has 1 heterocycles. The molecule has 96 valence electrons. The Bertz CT molecular complexity index is 356. The summed E-state index contributed by atoms with van der Waals surface area (Å²) in [6.45, 7) is 6.63. The van der Waals surface area contributed by atoms with Crippen LogP contribution in [0.15, 0.2) is 6.20 Å². The highest BCUT2D eigenvalue weighted by Crippen LogP contribution is 2.39. The molecule has 0 saturated heterocycles. The Labute approximate surface area is 105 Å². The molecular formula is C14H25N3. The summed E-state index contributed by atoms with van der Waals surface area (Å²) in [7, 11) is 2.15. The summed E-state index contributed by atoms with van der Waals surface area (Å²) in [5, 5.41) is 3.57. The Balaban J connectivity index is 2.01. The van der Waals surface area contributed by atoms with Crippen molar-refractivity contribution in [2.45, 2.75) is 45.4 Å². The smallest absolute Gasteiger partial charge is 0.105 e. The minimum atomic E-state index is 0.713. The third kappa shape index (κ3) is 2.71. The van der Waals surface area contributed by atoms with E-state index in [0.29, 0.717) is 5.92 Å². The van der Waals surface area contributed by atoms with Gasteiger partial charge in [0.2, 0.25) is 0 Å². The van der Waals surface area contributed by atoms with Crippen molar-refractivity contribution in [3.63, 3.8) is 0 Å². The maximum absolute atomic E-state index is 4.43. The summed E-state index contributed by atoms with van der Waals surface area (Å²) in [6, 6.07) is 0. The van der Waals surface area contributed by atoms with Gasteiger partial charge in [-0.3, -0.25) is 0 Å². The van der Waals surface area contributed by atoms with E-state index in [1.807, 2.05) is 0 Å². The van der Waals surface area contributed by atoms with Gasteiger partial charge in [0, 0.05) is 24.9 Å². The van der Waals surface area contributed by atoms with Crippen molar-refractivity contribution >= 4 is 0 Å². The topological polar surface area (TPSA) is 29.9 Å². The molecule has 0 radical (unpaired) electrons. The van der Waals surface area contributed by atoms with Crippen LogP contribution in [-0.4, -0.2) is 22.6 Å². The average molecular weight is 235 g/mol. The minimum absolute atomic E-state index is 0.713. The third-order valence-corrected chi connectivity index (χ3v) is 4.13. The number of rotatable bonds is 5. The first-order valence-corrected chi connectivity index (χ1v) is 6.93. The molecule has 2 unspecified atom stereocenters. The second-order valence-electron chi connectivity index (χ2n) is 5.29. The molecule has 1 fully saturated rings. The van der Waals surface area contributed by atoms with Crippen LogP contribution in [0, 0.1) is 12.8 Å². The van der Waals surface area contributed by atoms with Gasteiger partial charge in [0.15, 0.2) is 0 Å². The summed E-state index contributed by atoms with van der Waals surface area (Å²) < 4.78 is 2.27. The van der Waals surface area contributed by atoms with Crippen LogP contribution in [0.3, 0.4) is 0 Å². The maximum atomic E-state index is 4.43. The second-order valence-corrected chi connectivity index (χ2v) is 5.29. The zero-order chi connectivity index (χ0) is 12.3. The molecule has 0 amide bonds. The maximum Gasteiger partial charge on any atom is 0.105 e. The molecule has 3 nitrogen and oxygen atoms in total. The highest BCUT2D eigenvalue weighted by molar-refractivity contribution is 5.13. The molecule has 0 aromatic carbocycles. The van der Waals surface area contributed by atoms with E-state index in [9.17, 15) is 0 Å². The predicted octanol–water partition coefficient (Wildman–Crippen LogP) is 2.61. The van der Waals surface area contributed by atoms with E-state index in [1.54, 1.807) is 0 Å². The second kappa shape index (κ2) is 5.67. The number of nitrogens with one attached hydrogen (secondary N) is 1. The number of nitrogens with zero attached hydrogens (tertiary/aromatic N) is 2. The van der Waals surface area contributed by atoms with E-state index in [2.05, 4.69) is 42.0 Å². The first kappa shape index (κ1) is 12.6. The Kier molecular flexibility index (Phi) is 4.21. The molecule has 1 saturated carbocycles. The fraction of sp³-hybridized carbons (Fsp3) is 0.786. The molecule has 2 rings (SSSR count). The van der Waals surface area contributed by atoms with Gasteiger partial charge in [-0.25, -0.2) is 4.98 Å². The third-order valence-electron chi connectivity index (χ3n) is 4.13. The Morgan fingerprint density at radius 3 is 2.94 bits per heavy atom. The first-order chi connectivity index (χ1) is 8.24. The van der Waals surface area contributed by atoms with E-state index >= 15 is 0 Å². The van der Waals surface area contributed by atoms with Crippen LogP contribution >= 0.6 is 0 Å². The lowest BCUT2D eigenvalue weighted by molar-refractivity contribution is 0.432. The van der Waals surface area contributed by atoms with Crippen LogP contribution in [0.1, 0.15) is 50.0 Å². The Hall–Kier alpha value is -0.830. The van der Waals surface area contributed by atoms with Crippen LogP contribution in [0.5, 0.6) is 0 Å². The van der Waals surface area contributed by atoms with Gasteiger partial charge < -0.3 is 9.88 Å². The Morgan fingerprint density at radius 2 is 2.29 bits per heavy atom. The van der Waals surface area contributed by atoms with Crippen molar-refractivity contribution in [2.75, 3.05) is 13.1 Å². The fourth-order valence-corrected chi connectivity index (χ4v) is 3.00. The van der Waals surface area contributed by atoms with Crippen molar-refractivity contribution in [3.05, 3.63) is 17.7 Å². The summed E-state index contributed by atoms with van der Waals surface area (Å²) in [4.78, 5) is 4.43. The van der Waals surface area contributed by atoms with Crippen LogP contribution in [-0.2, 0) is 7.05 Å². The number of aromatic nitrogens is 2. The monoisotopic (exact) mass is 235 g/mol.